The van der Waals surface area contributed by atoms with Crippen molar-refractivity contribution in [1.82, 2.24) is 19.5 Å². The summed E-state index contributed by atoms with van der Waals surface area (Å²) in [6.07, 6.45) is 6.54. The molecule has 0 fully saturated rings. The molecular weight excluding hydrogens is 270 g/mol. The molecule has 0 bridgehead atoms. The number of imidazole rings is 1. The van der Waals surface area contributed by atoms with Gasteiger partial charge < -0.3 is 20.9 Å². The third-order valence-corrected chi connectivity index (χ3v) is 3.40. The molecule has 0 amide bonds. The van der Waals surface area contributed by atoms with Crippen LogP contribution in [-0.4, -0.2) is 36.7 Å². The maximum Gasteiger partial charge on any atom is 0.223 e. The summed E-state index contributed by atoms with van der Waals surface area (Å²) in [4.78, 5) is 12.3. The van der Waals surface area contributed by atoms with Gasteiger partial charge in [-0.1, -0.05) is 23.8 Å². The number of rotatable bonds is 2. The number of nitrogens with two attached hydrogens (primary N) is 1. The lowest BCUT2D eigenvalue weighted by Crippen LogP contribution is -2.08. The molecule has 2 aromatic rings. The van der Waals surface area contributed by atoms with Crippen LogP contribution >= 0.6 is 11.6 Å². The van der Waals surface area contributed by atoms with E-state index in [1.54, 1.807) is 6.33 Å². The van der Waals surface area contributed by atoms with E-state index in [9.17, 15) is 0 Å². The second kappa shape index (κ2) is 5.12. The van der Waals surface area contributed by atoms with Crippen molar-refractivity contribution in [3.8, 4) is 0 Å². The molecule has 1 aliphatic rings. The number of nitrogens with zero attached hydrogens (tertiary/aromatic N) is 4. The van der Waals surface area contributed by atoms with Gasteiger partial charge >= 0.3 is 0 Å². The summed E-state index contributed by atoms with van der Waals surface area (Å²) in [6, 6.07) is 0.123. The van der Waals surface area contributed by atoms with Gasteiger partial charge in [-0.05, 0) is 6.42 Å². The second-order valence-corrected chi connectivity index (χ2v) is 4.69. The highest BCUT2D eigenvalue weighted by atomic mass is 35.5. The predicted octanol–water partition coefficient (Wildman–Crippen LogP) is 0.347. The van der Waals surface area contributed by atoms with E-state index in [0.29, 0.717) is 11.2 Å². The van der Waals surface area contributed by atoms with Gasteiger partial charge in [0, 0.05) is 12.5 Å². The molecule has 1 aliphatic carbocycles. The smallest absolute Gasteiger partial charge is 0.223 e. The minimum absolute atomic E-state index is 0. The van der Waals surface area contributed by atoms with Crippen molar-refractivity contribution >= 4 is 28.7 Å². The van der Waals surface area contributed by atoms with Crippen LogP contribution in [0.25, 0.3) is 11.2 Å². The molecule has 0 aromatic carbocycles. The molecule has 0 unspecified atom stereocenters. The van der Waals surface area contributed by atoms with Crippen molar-refractivity contribution in [2.45, 2.75) is 12.5 Å². The Kier molecular flexibility index (Phi) is 3.70. The summed E-state index contributed by atoms with van der Waals surface area (Å²) >= 11 is 5.97. The van der Waals surface area contributed by atoms with Crippen LogP contribution in [0.3, 0.4) is 0 Å². The molecule has 7 nitrogen and oxygen atoms in total. The van der Waals surface area contributed by atoms with Gasteiger partial charge in [-0.3, -0.25) is 0 Å². The first kappa shape index (κ1) is 13.7. The van der Waals surface area contributed by atoms with Gasteiger partial charge in [0.15, 0.2) is 10.8 Å². The van der Waals surface area contributed by atoms with Crippen LogP contribution in [0.5, 0.6) is 0 Å². The summed E-state index contributed by atoms with van der Waals surface area (Å²) in [5, 5.41) is 9.40. The minimum Gasteiger partial charge on any atom is -0.412 e. The molecule has 0 saturated carbocycles. The summed E-state index contributed by atoms with van der Waals surface area (Å²) in [6.45, 7) is 0.150. The van der Waals surface area contributed by atoms with Crippen molar-refractivity contribution in [3.63, 3.8) is 0 Å². The number of halogens is 1. The van der Waals surface area contributed by atoms with Gasteiger partial charge in [0.1, 0.15) is 5.52 Å². The van der Waals surface area contributed by atoms with Gasteiger partial charge in [-0.15, -0.1) is 0 Å². The van der Waals surface area contributed by atoms with Crippen molar-refractivity contribution in [1.29, 1.82) is 0 Å². The Hall–Kier alpha value is -1.70. The Labute approximate surface area is 114 Å². The summed E-state index contributed by atoms with van der Waals surface area (Å²) in [5.74, 6) is 0.317. The number of aromatic nitrogens is 4. The van der Waals surface area contributed by atoms with Crippen LogP contribution in [0.15, 0.2) is 18.5 Å². The maximum atomic E-state index is 9.14. The van der Waals surface area contributed by atoms with Gasteiger partial charge in [0.05, 0.1) is 12.4 Å². The Morgan fingerprint density at radius 1 is 1.42 bits per heavy atom. The molecule has 2 heterocycles. The van der Waals surface area contributed by atoms with Gasteiger partial charge in [0.25, 0.3) is 0 Å². The SMILES string of the molecule is Nc1nc(Cl)c2ncn([C@@H]3C=C[C@H](CO)C3)c2n1.O. The quantitative estimate of drug-likeness (QED) is 0.608. The number of fused-ring (bicyclic) bond motifs is 1. The fourth-order valence-electron chi connectivity index (χ4n) is 2.23. The van der Waals surface area contributed by atoms with Crippen molar-refractivity contribution < 1.29 is 10.6 Å². The molecule has 0 spiro atoms. The molecule has 5 N–H and O–H groups in total. The lowest BCUT2D eigenvalue weighted by molar-refractivity contribution is 0.244. The number of aliphatic hydroxyl groups is 1. The number of allylic oxidation sites excluding steroid dienone is 1. The first-order valence-electron chi connectivity index (χ1n) is 5.63. The number of hydrogen-bond acceptors (Lipinski definition) is 5. The van der Waals surface area contributed by atoms with E-state index in [4.69, 9.17) is 22.4 Å². The Balaban J connectivity index is 0.00000133. The summed E-state index contributed by atoms with van der Waals surface area (Å²) in [7, 11) is 0. The van der Waals surface area contributed by atoms with E-state index in [-0.39, 0.29) is 35.1 Å². The lowest BCUT2D eigenvalue weighted by Gasteiger charge is -2.12. The van der Waals surface area contributed by atoms with Crippen LogP contribution in [-0.2, 0) is 0 Å². The van der Waals surface area contributed by atoms with Gasteiger partial charge in [0.2, 0.25) is 5.95 Å². The first-order valence-corrected chi connectivity index (χ1v) is 6.01. The zero-order valence-electron chi connectivity index (χ0n) is 9.99. The third-order valence-electron chi connectivity index (χ3n) is 3.14. The van der Waals surface area contributed by atoms with Gasteiger partial charge in [-0.25, -0.2) is 4.98 Å². The van der Waals surface area contributed by atoms with E-state index in [0.717, 1.165) is 6.42 Å². The molecule has 102 valence electrons. The number of anilines is 1. The zero-order valence-corrected chi connectivity index (χ0v) is 10.7. The fourth-order valence-corrected chi connectivity index (χ4v) is 2.45. The Bertz CT molecular complexity index is 627. The second-order valence-electron chi connectivity index (χ2n) is 4.33. The standard InChI is InChI=1S/C11H12ClN5O.H2O/c12-9-8-10(16-11(13)15-9)17(5-14-8)7-2-1-6(3-7)4-18;/h1-2,5-7,18H,3-4H2,(H2,13,15,16);1H2/t6-,7+;/m0./s1. The highest BCUT2D eigenvalue weighted by Crippen LogP contribution is 2.30. The summed E-state index contributed by atoms with van der Waals surface area (Å²) < 4.78 is 1.91. The first-order chi connectivity index (χ1) is 8.69. The Morgan fingerprint density at radius 2 is 2.21 bits per heavy atom. The maximum absolute atomic E-state index is 9.14. The molecule has 0 aliphatic heterocycles. The van der Waals surface area contributed by atoms with Crippen molar-refractivity contribution in [2.24, 2.45) is 5.92 Å². The van der Waals surface area contributed by atoms with E-state index < -0.39 is 0 Å². The minimum atomic E-state index is 0. The van der Waals surface area contributed by atoms with Crippen LogP contribution in [0, 0.1) is 5.92 Å². The van der Waals surface area contributed by atoms with E-state index in [2.05, 4.69) is 15.0 Å². The topological polar surface area (TPSA) is 121 Å². The summed E-state index contributed by atoms with van der Waals surface area (Å²) in [5.41, 5.74) is 6.77. The van der Waals surface area contributed by atoms with Crippen molar-refractivity contribution in [3.05, 3.63) is 23.6 Å². The Morgan fingerprint density at radius 3 is 2.89 bits per heavy atom. The predicted molar refractivity (Wildman–Crippen MR) is 71.7 cm³/mol. The average Bonchev–Trinajstić information content (AvgIpc) is 2.93. The molecule has 8 heteroatoms. The van der Waals surface area contributed by atoms with E-state index in [1.807, 2.05) is 16.7 Å². The number of aliphatic hydroxyl groups excluding tert-OH is 1. The zero-order chi connectivity index (χ0) is 12.7. The molecule has 0 saturated heterocycles. The van der Waals surface area contributed by atoms with Crippen LogP contribution in [0.4, 0.5) is 5.95 Å². The largest absolute Gasteiger partial charge is 0.412 e. The highest BCUT2D eigenvalue weighted by Gasteiger charge is 2.22. The molecule has 2 atom stereocenters. The number of hydrogen-bond donors (Lipinski definition) is 2. The molecular formula is C11H14ClN5O2. The lowest BCUT2D eigenvalue weighted by atomic mass is 10.1. The highest BCUT2D eigenvalue weighted by molar-refractivity contribution is 6.33. The van der Waals surface area contributed by atoms with Crippen LogP contribution in [0.2, 0.25) is 5.15 Å². The van der Waals surface area contributed by atoms with Crippen LogP contribution in [0.1, 0.15) is 12.5 Å². The monoisotopic (exact) mass is 283 g/mol. The van der Waals surface area contributed by atoms with Crippen LogP contribution < -0.4 is 5.73 Å². The number of nitrogen functional groups attached to an aromatic ring is 1. The molecule has 0 radical (unpaired) electrons. The van der Waals surface area contributed by atoms with Crippen molar-refractivity contribution in [2.75, 3.05) is 12.3 Å². The average molecular weight is 284 g/mol. The molecule has 3 rings (SSSR count). The molecule has 2 aromatic heterocycles. The van der Waals surface area contributed by atoms with E-state index >= 15 is 0 Å². The fraction of sp³-hybridized carbons (Fsp3) is 0.364. The normalized spacial score (nSPS) is 21.8. The van der Waals surface area contributed by atoms with E-state index in [1.165, 1.54) is 0 Å². The third kappa shape index (κ3) is 2.27. The van der Waals surface area contributed by atoms with Gasteiger partial charge in [-0.2, -0.15) is 9.97 Å². The molecule has 19 heavy (non-hydrogen) atoms.